The van der Waals surface area contributed by atoms with E-state index in [2.05, 4.69) is 33.2 Å². The van der Waals surface area contributed by atoms with E-state index in [1.165, 1.54) is 10.4 Å². The van der Waals surface area contributed by atoms with Gasteiger partial charge in [0.1, 0.15) is 5.75 Å². The van der Waals surface area contributed by atoms with Gasteiger partial charge in [-0.05, 0) is 55.1 Å². The fraction of sp³-hybridized carbons (Fsp3) is 0.263. The Kier molecular flexibility index (Phi) is 5.23. The predicted molar refractivity (Wildman–Crippen MR) is 96.9 cm³/mol. The van der Waals surface area contributed by atoms with Crippen molar-refractivity contribution in [2.75, 3.05) is 0 Å². The zero-order valence-corrected chi connectivity index (χ0v) is 14.8. The highest BCUT2D eigenvalue weighted by molar-refractivity contribution is 7.10. The number of nitrogens with zero attached hydrogens (tertiary/aromatic N) is 3. The van der Waals surface area contributed by atoms with Crippen LogP contribution in [0.25, 0.3) is 0 Å². The summed E-state index contributed by atoms with van der Waals surface area (Å²) in [4.78, 5) is 12.5. The second kappa shape index (κ2) is 7.55. The van der Waals surface area contributed by atoms with Crippen LogP contribution in [-0.4, -0.2) is 20.0 Å². The first kappa shape index (κ1) is 16.6. The standard InChI is InChI=1S/C19H21N3OS/c1-14-8-10-24-19(14)13-22(11-16-5-3-4-9-20-16)12-17-18(23)7-6-15(2)21-17/h3-10,23H,11-13H2,1-2H3. The van der Waals surface area contributed by atoms with Crippen molar-refractivity contribution in [2.45, 2.75) is 33.5 Å². The number of hydrogen-bond acceptors (Lipinski definition) is 5. The zero-order valence-electron chi connectivity index (χ0n) is 13.9. The normalized spacial score (nSPS) is 11.1. The molecular formula is C19H21N3OS. The lowest BCUT2D eigenvalue weighted by molar-refractivity contribution is 0.239. The lowest BCUT2D eigenvalue weighted by Gasteiger charge is -2.22. The maximum absolute atomic E-state index is 10.1. The van der Waals surface area contributed by atoms with Gasteiger partial charge in [-0.1, -0.05) is 6.07 Å². The van der Waals surface area contributed by atoms with Crippen molar-refractivity contribution in [2.24, 2.45) is 0 Å². The van der Waals surface area contributed by atoms with Gasteiger partial charge in [-0.25, -0.2) is 0 Å². The largest absolute Gasteiger partial charge is 0.506 e. The van der Waals surface area contributed by atoms with Gasteiger partial charge in [0, 0.05) is 36.4 Å². The van der Waals surface area contributed by atoms with Crippen LogP contribution < -0.4 is 0 Å². The summed E-state index contributed by atoms with van der Waals surface area (Å²) in [5.74, 6) is 0.245. The summed E-state index contributed by atoms with van der Waals surface area (Å²) in [5.41, 5.74) is 3.93. The first-order valence-electron chi connectivity index (χ1n) is 7.92. The van der Waals surface area contributed by atoms with Crippen LogP contribution in [0.2, 0.25) is 0 Å². The number of rotatable bonds is 6. The number of aromatic nitrogens is 2. The van der Waals surface area contributed by atoms with E-state index in [0.29, 0.717) is 18.8 Å². The Morgan fingerprint density at radius 2 is 1.92 bits per heavy atom. The third-order valence-corrected chi connectivity index (χ3v) is 4.92. The van der Waals surface area contributed by atoms with Gasteiger partial charge >= 0.3 is 0 Å². The summed E-state index contributed by atoms with van der Waals surface area (Å²) in [7, 11) is 0. The van der Waals surface area contributed by atoms with Crippen molar-refractivity contribution in [1.29, 1.82) is 0 Å². The quantitative estimate of drug-likeness (QED) is 0.736. The lowest BCUT2D eigenvalue weighted by atomic mass is 10.2. The second-order valence-corrected chi connectivity index (χ2v) is 6.91. The topological polar surface area (TPSA) is 49.2 Å². The molecule has 0 aliphatic rings. The highest BCUT2D eigenvalue weighted by atomic mass is 32.1. The van der Waals surface area contributed by atoms with Crippen LogP contribution in [0, 0.1) is 13.8 Å². The summed E-state index contributed by atoms with van der Waals surface area (Å²) >= 11 is 1.76. The zero-order chi connectivity index (χ0) is 16.9. The summed E-state index contributed by atoms with van der Waals surface area (Å²) in [6, 6.07) is 11.6. The maximum atomic E-state index is 10.1. The molecule has 4 nitrogen and oxygen atoms in total. The highest BCUT2D eigenvalue weighted by Crippen LogP contribution is 2.23. The van der Waals surface area contributed by atoms with Gasteiger partial charge in [0.2, 0.25) is 0 Å². The Morgan fingerprint density at radius 3 is 2.62 bits per heavy atom. The van der Waals surface area contributed by atoms with Crippen molar-refractivity contribution in [3.8, 4) is 5.75 Å². The molecule has 0 spiro atoms. The summed E-state index contributed by atoms with van der Waals surface area (Å²) in [6.45, 7) is 6.19. The molecular weight excluding hydrogens is 318 g/mol. The molecule has 0 saturated heterocycles. The smallest absolute Gasteiger partial charge is 0.138 e. The molecule has 3 rings (SSSR count). The van der Waals surface area contributed by atoms with Gasteiger partial charge in [0.25, 0.3) is 0 Å². The van der Waals surface area contributed by atoms with Gasteiger partial charge in [-0.15, -0.1) is 11.3 Å². The Morgan fingerprint density at radius 1 is 1.04 bits per heavy atom. The average molecular weight is 339 g/mol. The molecule has 0 unspecified atom stereocenters. The van der Waals surface area contributed by atoms with Crippen molar-refractivity contribution >= 4 is 11.3 Å². The van der Waals surface area contributed by atoms with E-state index in [4.69, 9.17) is 0 Å². The maximum Gasteiger partial charge on any atom is 0.138 e. The number of hydrogen-bond donors (Lipinski definition) is 1. The van der Waals surface area contributed by atoms with Gasteiger partial charge in [0.15, 0.2) is 0 Å². The number of thiophene rings is 1. The Balaban J connectivity index is 1.83. The SMILES string of the molecule is Cc1ccc(O)c(CN(Cc2ccccn2)Cc2sccc2C)n1. The second-order valence-electron chi connectivity index (χ2n) is 5.91. The van der Waals surface area contributed by atoms with E-state index < -0.39 is 0 Å². The third kappa shape index (κ3) is 4.19. The van der Waals surface area contributed by atoms with Crippen molar-refractivity contribution in [3.63, 3.8) is 0 Å². The van der Waals surface area contributed by atoms with Crippen LogP contribution in [0.1, 0.15) is 27.5 Å². The minimum Gasteiger partial charge on any atom is -0.506 e. The molecule has 124 valence electrons. The van der Waals surface area contributed by atoms with Crippen LogP contribution in [0.4, 0.5) is 0 Å². The number of pyridine rings is 2. The van der Waals surface area contributed by atoms with Gasteiger partial charge in [0.05, 0.1) is 11.4 Å². The van der Waals surface area contributed by atoms with E-state index >= 15 is 0 Å². The molecule has 0 amide bonds. The van der Waals surface area contributed by atoms with E-state index in [1.54, 1.807) is 17.4 Å². The molecule has 0 atom stereocenters. The molecule has 0 bridgehead atoms. The minimum absolute atomic E-state index is 0.245. The number of aryl methyl sites for hydroxylation is 2. The van der Waals surface area contributed by atoms with E-state index in [-0.39, 0.29) is 5.75 Å². The van der Waals surface area contributed by atoms with Crippen molar-refractivity contribution < 1.29 is 5.11 Å². The highest BCUT2D eigenvalue weighted by Gasteiger charge is 2.14. The fourth-order valence-electron chi connectivity index (χ4n) is 2.59. The Hall–Kier alpha value is -2.24. The molecule has 0 aliphatic carbocycles. The molecule has 0 fully saturated rings. The number of aromatic hydroxyl groups is 1. The van der Waals surface area contributed by atoms with Gasteiger partial charge in [-0.2, -0.15) is 0 Å². The van der Waals surface area contributed by atoms with Crippen molar-refractivity contribution in [1.82, 2.24) is 14.9 Å². The molecule has 24 heavy (non-hydrogen) atoms. The van der Waals surface area contributed by atoms with Crippen LogP contribution in [0.5, 0.6) is 5.75 Å². The molecule has 0 radical (unpaired) electrons. The van der Waals surface area contributed by atoms with E-state index in [0.717, 1.165) is 17.9 Å². The van der Waals surface area contributed by atoms with Crippen molar-refractivity contribution in [3.05, 3.63) is 75.5 Å². The molecule has 3 aromatic heterocycles. The summed E-state index contributed by atoms with van der Waals surface area (Å²) < 4.78 is 0. The molecule has 3 aromatic rings. The summed E-state index contributed by atoms with van der Waals surface area (Å²) in [6.07, 6.45) is 1.81. The molecule has 0 aliphatic heterocycles. The van der Waals surface area contributed by atoms with E-state index in [1.807, 2.05) is 37.4 Å². The molecule has 0 aromatic carbocycles. The van der Waals surface area contributed by atoms with Crippen LogP contribution in [-0.2, 0) is 19.6 Å². The molecule has 3 heterocycles. The Labute approximate surface area is 146 Å². The molecule has 1 N–H and O–H groups in total. The average Bonchev–Trinajstić information content (AvgIpc) is 2.97. The third-order valence-electron chi connectivity index (χ3n) is 3.91. The fourth-order valence-corrected chi connectivity index (χ4v) is 3.54. The minimum atomic E-state index is 0.245. The predicted octanol–water partition coefficient (Wildman–Crippen LogP) is 4.06. The Bertz CT molecular complexity index is 801. The van der Waals surface area contributed by atoms with Gasteiger partial charge in [-0.3, -0.25) is 14.9 Å². The monoisotopic (exact) mass is 339 g/mol. The van der Waals surface area contributed by atoms with Gasteiger partial charge < -0.3 is 5.11 Å². The molecule has 5 heteroatoms. The van der Waals surface area contributed by atoms with Crippen LogP contribution in [0.15, 0.2) is 48.0 Å². The first-order chi connectivity index (χ1) is 11.6. The summed E-state index contributed by atoms with van der Waals surface area (Å²) in [5, 5.41) is 12.2. The lowest BCUT2D eigenvalue weighted by Crippen LogP contribution is -2.23. The first-order valence-corrected chi connectivity index (χ1v) is 8.80. The molecule has 0 saturated carbocycles. The van der Waals surface area contributed by atoms with E-state index in [9.17, 15) is 5.11 Å². The van der Waals surface area contributed by atoms with Crippen LogP contribution >= 0.6 is 11.3 Å². The van der Waals surface area contributed by atoms with Crippen LogP contribution in [0.3, 0.4) is 0 Å².